The van der Waals surface area contributed by atoms with Crippen molar-refractivity contribution in [1.29, 1.82) is 0 Å². The second kappa shape index (κ2) is 9.39. The highest BCUT2D eigenvalue weighted by Crippen LogP contribution is 2.22. The molecule has 0 fully saturated rings. The Bertz CT molecular complexity index is 1010. The number of hydrogen-bond acceptors (Lipinski definition) is 4. The first-order valence-electron chi connectivity index (χ1n) is 9.26. The zero-order valence-corrected chi connectivity index (χ0v) is 17.0. The average Bonchev–Trinajstić information content (AvgIpc) is 3.18. The van der Waals surface area contributed by atoms with Crippen LogP contribution in [0.1, 0.15) is 23.4 Å². The highest BCUT2D eigenvalue weighted by atomic mass is 35.5. The maximum absolute atomic E-state index is 12.1. The van der Waals surface area contributed by atoms with Gasteiger partial charge in [0.05, 0.1) is 12.7 Å². The molecule has 0 unspecified atom stereocenters. The molecule has 1 aromatic heterocycles. The van der Waals surface area contributed by atoms with Gasteiger partial charge in [0.2, 0.25) is 11.8 Å². The molecule has 0 saturated carbocycles. The van der Waals surface area contributed by atoms with E-state index in [1.807, 2.05) is 44.2 Å². The molecule has 0 atom stereocenters. The average molecular weight is 412 g/mol. The fraction of sp³-hybridized carbons (Fsp3) is 0.227. The SMILES string of the molecule is Cc1cccc(NC(=O)CNC(=O)CCc2ncc(-c3ccc(Cl)cc3)o2)c1C. The molecule has 6 nitrogen and oxygen atoms in total. The summed E-state index contributed by atoms with van der Waals surface area (Å²) < 4.78 is 5.68. The summed E-state index contributed by atoms with van der Waals surface area (Å²) in [4.78, 5) is 28.3. The summed E-state index contributed by atoms with van der Waals surface area (Å²) in [6.07, 6.45) is 2.14. The van der Waals surface area contributed by atoms with Gasteiger partial charge in [0.15, 0.2) is 11.7 Å². The van der Waals surface area contributed by atoms with E-state index in [1.165, 1.54) is 0 Å². The van der Waals surface area contributed by atoms with Gasteiger partial charge in [-0.3, -0.25) is 9.59 Å². The van der Waals surface area contributed by atoms with E-state index in [0.29, 0.717) is 23.1 Å². The predicted molar refractivity (Wildman–Crippen MR) is 113 cm³/mol. The number of carbonyl (C=O) groups excluding carboxylic acids is 2. The van der Waals surface area contributed by atoms with E-state index >= 15 is 0 Å². The van der Waals surface area contributed by atoms with Gasteiger partial charge in [-0.25, -0.2) is 4.98 Å². The summed E-state index contributed by atoms with van der Waals surface area (Å²) in [5, 5.41) is 6.07. The van der Waals surface area contributed by atoms with E-state index in [9.17, 15) is 9.59 Å². The molecule has 2 aromatic carbocycles. The van der Waals surface area contributed by atoms with Crippen LogP contribution >= 0.6 is 11.6 Å². The van der Waals surface area contributed by atoms with Crippen molar-refractivity contribution in [2.45, 2.75) is 26.7 Å². The Balaban J connectivity index is 1.45. The summed E-state index contributed by atoms with van der Waals surface area (Å²) in [7, 11) is 0. The minimum absolute atomic E-state index is 0.0895. The molecule has 0 aliphatic rings. The topological polar surface area (TPSA) is 84.2 Å². The van der Waals surface area contributed by atoms with Crippen LogP contribution in [0, 0.1) is 13.8 Å². The summed E-state index contributed by atoms with van der Waals surface area (Å²) in [5.41, 5.74) is 3.71. The first-order valence-corrected chi connectivity index (χ1v) is 9.63. The number of anilines is 1. The number of oxazole rings is 1. The van der Waals surface area contributed by atoms with Crippen molar-refractivity contribution >= 4 is 29.1 Å². The van der Waals surface area contributed by atoms with Gasteiger partial charge in [-0.1, -0.05) is 23.7 Å². The van der Waals surface area contributed by atoms with Gasteiger partial charge < -0.3 is 15.1 Å². The molecule has 2 amide bonds. The predicted octanol–water partition coefficient (Wildman–Crippen LogP) is 4.30. The zero-order valence-electron chi connectivity index (χ0n) is 16.3. The minimum atomic E-state index is -0.270. The van der Waals surface area contributed by atoms with Crippen LogP contribution < -0.4 is 10.6 Å². The van der Waals surface area contributed by atoms with Crippen molar-refractivity contribution in [2.75, 3.05) is 11.9 Å². The van der Waals surface area contributed by atoms with Crippen LogP contribution in [-0.2, 0) is 16.0 Å². The molecule has 0 bridgehead atoms. The number of benzene rings is 2. The van der Waals surface area contributed by atoms with Crippen LogP contribution in [0.15, 0.2) is 53.1 Å². The van der Waals surface area contributed by atoms with Crippen LogP contribution in [0.3, 0.4) is 0 Å². The van der Waals surface area contributed by atoms with Gasteiger partial charge in [-0.15, -0.1) is 0 Å². The molecular formula is C22H22ClN3O3. The van der Waals surface area contributed by atoms with Gasteiger partial charge in [-0.05, 0) is 55.3 Å². The van der Waals surface area contributed by atoms with Gasteiger partial charge in [-0.2, -0.15) is 0 Å². The Hall–Kier alpha value is -3.12. The molecule has 29 heavy (non-hydrogen) atoms. The lowest BCUT2D eigenvalue weighted by Crippen LogP contribution is -2.33. The molecule has 1 heterocycles. The summed E-state index contributed by atoms with van der Waals surface area (Å²) in [5.74, 6) is 0.565. The number of aryl methyl sites for hydroxylation is 2. The van der Waals surface area contributed by atoms with Crippen molar-refractivity contribution in [3.63, 3.8) is 0 Å². The van der Waals surface area contributed by atoms with Crippen molar-refractivity contribution < 1.29 is 14.0 Å². The Morgan fingerprint density at radius 3 is 2.59 bits per heavy atom. The molecule has 7 heteroatoms. The van der Waals surface area contributed by atoms with Crippen LogP contribution in [0.5, 0.6) is 0 Å². The Kier molecular flexibility index (Phi) is 6.67. The zero-order chi connectivity index (χ0) is 20.8. The van der Waals surface area contributed by atoms with E-state index in [0.717, 1.165) is 22.4 Å². The highest BCUT2D eigenvalue weighted by Gasteiger charge is 2.11. The number of hydrogen-bond donors (Lipinski definition) is 2. The van der Waals surface area contributed by atoms with E-state index in [2.05, 4.69) is 15.6 Å². The molecular weight excluding hydrogens is 390 g/mol. The number of carbonyl (C=O) groups is 2. The lowest BCUT2D eigenvalue weighted by molar-refractivity contribution is -0.124. The number of nitrogens with zero attached hydrogens (tertiary/aromatic N) is 1. The normalized spacial score (nSPS) is 10.6. The number of rotatable bonds is 7. The summed E-state index contributed by atoms with van der Waals surface area (Å²) >= 11 is 5.88. The Labute approximate surface area is 174 Å². The fourth-order valence-corrected chi connectivity index (χ4v) is 2.87. The molecule has 0 saturated heterocycles. The number of aromatic nitrogens is 1. The second-order valence-electron chi connectivity index (χ2n) is 6.70. The van der Waals surface area contributed by atoms with Crippen LogP contribution in [0.4, 0.5) is 5.69 Å². The highest BCUT2D eigenvalue weighted by molar-refractivity contribution is 6.30. The lowest BCUT2D eigenvalue weighted by Gasteiger charge is -2.10. The molecule has 0 aliphatic carbocycles. The van der Waals surface area contributed by atoms with Crippen molar-refractivity contribution in [2.24, 2.45) is 0 Å². The van der Waals surface area contributed by atoms with Crippen molar-refractivity contribution in [1.82, 2.24) is 10.3 Å². The Morgan fingerprint density at radius 1 is 1.07 bits per heavy atom. The maximum atomic E-state index is 12.1. The van der Waals surface area contributed by atoms with E-state index in [-0.39, 0.29) is 24.8 Å². The third-order valence-corrected chi connectivity index (χ3v) is 4.83. The number of halogens is 1. The summed E-state index contributed by atoms with van der Waals surface area (Å²) in [6, 6.07) is 12.9. The third-order valence-electron chi connectivity index (χ3n) is 4.57. The van der Waals surface area contributed by atoms with Crippen molar-refractivity contribution in [3.8, 4) is 11.3 Å². The van der Waals surface area contributed by atoms with Gasteiger partial charge in [0.1, 0.15) is 0 Å². The lowest BCUT2D eigenvalue weighted by atomic mass is 10.1. The van der Waals surface area contributed by atoms with Crippen LogP contribution in [0.25, 0.3) is 11.3 Å². The molecule has 0 aliphatic heterocycles. The second-order valence-corrected chi connectivity index (χ2v) is 7.13. The molecule has 0 radical (unpaired) electrons. The third kappa shape index (κ3) is 5.68. The number of amides is 2. The summed E-state index contributed by atoms with van der Waals surface area (Å²) in [6.45, 7) is 3.83. The molecule has 2 N–H and O–H groups in total. The van der Waals surface area contributed by atoms with E-state index in [1.54, 1.807) is 18.3 Å². The van der Waals surface area contributed by atoms with Crippen LogP contribution in [0.2, 0.25) is 5.02 Å². The molecule has 3 rings (SSSR count). The molecule has 0 spiro atoms. The van der Waals surface area contributed by atoms with Gasteiger partial charge >= 0.3 is 0 Å². The van der Waals surface area contributed by atoms with Crippen LogP contribution in [-0.4, -0.2) is 23.3 Å². The molecule has 3 aromatic rings. The Morgan fingerprint density at radius 2 is 1.83 bits per heavy atom. The molecule has 150 valence electrons. The van der Waals surface area contributed by atoms with E-state index in [4.69, 9.17) is 16.0 Å². The standard InChI is InChI=1S/C22H22ClN3O3/c1-14-4-3-5-18(15(14)2)26-21(28)13-24-20(27)10-11-22-25-12-19(29-22)16-6-8-17(23)9-7-16/h3-9,12H,10-11,13H2,1-2H3,(H,24,27)(H,26,28). The first-order chi connectivity index (χ1) is 13.9. The van der Waals surface area contributed by atoms with Gasteiger partial charge in [0, 0.05) is 29.1 Å². The fourth-order valence-electron chi connectivity index (χ4n) is 2.74. The monoisotopic (exact) mass is 411 g/mol. The number of nitrogens with one attached hydrogen (secondary N) is 2. The first kappa shape index (κ1) is 20.6. The van der Waals surface area contributed by atoms with Gasteiger partial charge in [0.25, 0.3) is 0 Å². The quantitative estimate of drug-likeness (QED) is 0.607. The van der Waals surface area contributed by atoms with Crippen molar-refractivity contribution in [3.05, 3.63) is 70.7 Å². The minimum Gasteiger partial charge on any atom is -0.441 e. The maximum Gasteiger partial charge on any atom is 0.243 e. The largest absolute Gasteiger partial charge is 0.441 e. The van der Waals surface area contributed by atoms with E-state index < -0.39 is 0 Å². The smallest absolute Gasteiger partial charge is 0.243 e.